The fourth-order valence-electron chi connectivity index (χ4n) is 4.12. The fraction of sp³-hybridized carbons (Fsp3) is 0.320. The van der Waals surface area contributed by atoms with Gasteiger partial charge in [0.25, 0.3) is 10.0 Å². The van der Waals surface area contributed by atoms with E-state index in [-0.39, 0.29) is 53.4 Å². The number of nitriles is 1. The number of aromatic carboxylic acids is 1. The second kappa shape index (κ2) is 13.8. The smallest absolute Gasteiger partial charge is 0.336 e. The second-order valence-electron chi connectivity index (χ2n) is 8.65. The molecule has 206 valence electrons. The number of halogens is 3. The van der Waals surface area contributed by atoms with Crippen molar-refractivity contribution in [1.82, 2.24) is 9.88 Å². The van der Waals surface area contributed by atoms with Gasteiger partial charge >= 0.3 is 5.97 Å². The number of fused-ring (bicyclic) bond motifs is 1. The van der Waals surface area contributed by atoms with Crippen LogP contribution in [0.5, 0.6) is 0 Å². The molecule has 9 nitrogen and oxygen atoms in total. The van der Waals surface area contributed by atoms with Crippen LogP contribution < -0.4 is 9.62 Å². The number of carboxylic acid groups (broad SMARTS) is 1. The molecule has 4 rings (SSSR count). The number of anilines is 2. The van der Waals surface area contributed by atoms with Crippen molar-refractivity contribution in [2.45, 2.75) is 25.2 Å². The largest absolute Gasteiger partial charge is 0.478 e. The molecule has 0 spiro atoms. The maximum Gasteiger partial charge on any atom is 0.336 e. The number of aromatic nitrogens is 1. The van der Waals surface area contributed by atoms with Crippen molar-refractivity contribution < 1.29 is 18.3 Å². The summed E-state index contributed by atoms with van der Waals surface area (Å²) in [5.74, 6) is -0.543. The molecule has 0 aliphatic carbocycles. The highest BCUT2D eigenvalue weighted by Crippen LogP contribution is 2.28. The number of carboxylic acids is 1. The van der Waals surface area contributed by atoms with Gasteiger partial charge < -0.3 is 10.0 Å². The monoisotopic (exact) mass is 601 g/mol. The van der Waals surface area contributed by atoms with Crippen molar-refractivity contribution in [2.24, 2.45) is 0 Å². The highest BCUT2D eigenvalue weighted by atomic mass is 35.5. The molecule has 1 aliphatic heterocycles. The van der Waals surface area contributed by atoms with Crippen molar-refractivity contribution in [3.8, 4) is 6.07 Å². The van der Waals surface area contributed by atoms with Crippen molar-refractivity contribution >= 4 is 75.6 Å². The van der Waals surface area contributed by atoms with Gasteiger partial charge in [-0.1, -0.05) is 6.07 Å². The Morgan fingerprint density at radius 2 is 1.71 bits per heavy atom. The molecular weight excluding hydrogens is 573 g/mol. The van der Waals surface area contributed by atoms with Crippen LogP contribution >= 0.6 is 37.2 Å². The van der Waals surface area contributed by atoms with Crippen LogP contribution in [0.4, 0.5) is 11.5 Å². The predicted octanol–water partition coefficient (Wildman–Crippen LogP) is 4.65. The first-order valence-corrected chi connectivity index (χ1v) is 12.8. The Bertz CT molecular complexity index is 1440. The minimum atomic E-state index is -3.84. The second-order valence-corrected chi connectivity index (χ2v) is 10.3. The summed E-state index contributed by atoms with van der Waals surface area (Å²) in [5, 5.41) is 19.0. The lowest BCUT2D eigenvalue weighted by molar-refractivity contribution is 0.0699. The van der Waals surface area contributed by atoms with Gasteiger partial charge in [0.05, 0.1) is 22.0 Å². The quantitative estimate of drug-likeness (QED) is 0.400. The number of hydrogen-bond donors (Lipinski definition) is 2. The number of pyridine rings is 1. The summed E-state index contributed by atoms with van der Waals surface area (Å²) in [6.07, 6.45) is 0.479. The molecule has 0 saturated carbocycles. The first-order chi connectivity index (χ1) is 16.7. The maximum absolute atomic E-state index is 12.9. The minimum absolute atomic E-state index is 0. The van der Waals surface area contributed by atoms with E-state index in [1.165, 1.54) is 12.1 Å². The normalized spacial score (nSPS) is 13.4. The molecule has 0 amide bonds. The van der Waals surface area contributed by atoms with Crippen molar-refractivity contribution in [2.75, 3.05) is 42.3 Å². The molecule has 0 unspecified atom stereocenters. The van der Waals surface area contributed by atoms with Gasteiger partial charge in [-0.3, -0.25) is 9.62 Å². The number of benzene rings is 2. The fourth-order valence-corrected chi connectivity index (χ4v) is 5.25. The van der Waals surface area contributed by atoms with Gasteiger partial charge in [0, 0.05) is 50.2 Å². The molecule has 1 aromatic heterocycles. The van der Waals surface area contributed by atoms with Crippen LogP contribution in [0.25, 0.3) is 10.9 Å². The van der Waals surface area contributed by atoms with Gasteiger partial charge in [-0.25, -0.2) is 18.2 Å². The lowest BCUT2D eigenvalue weighted by Gasteiger charge is -2.35. The van der Waals surface area contributed by atoms with E-state index in [0.29, 0.717) is 36.2 Å². The van der Waals surface area contributed by atoms with E-state index in [9.17, 15) is 18.3 Å². The molecule has 38 heavy (non-hydrogen) atoms. The van der Waals surface area contributed by atoms with E-state index < -0.39 is 16.0 Å². The summed E-state index contributed by atoms with van der Waals surface area (Å²) >= 11 is 0. The van der Waals surface area contributed by atoms with Crippen molar-refractivity contribution in [3.05, 3.63) is 59.2 Å². The lowest BCUT2D eigenvalue weighted by Crippen LogP contribution is -2.46. The van der Waals surface area contributed by atoms with Gasteiger partial charge in [-0.15, -0.1) is 37.2 Å². The van der Waals surface area contributed by atoms with E-state index in [4.69, 9.17) is 5.26 Å². The summed E-state index contributed by atoms with van der Waals surface area (Å²) in [4.78, 5) is 21.1. The van der Waals surface area contributed by atoms with E-state index in [2.05, 4.69) is 20.7 Å². The standard InChI is InChI=1S/C25H27N5O4S.3ClH/c1-17-4-6-20(14-18(17)2)35(33,34)28-19-5-7-23-21(15-19)22(25(31)32)16-24(27-23)30-12-10-29(11-13-30)9-3-8-26;;;/h4-7,14-16,28H,3,9-13H2,1-2H3,(H,31,32);3*1H. The lowest BCUT2D eigenvalue weighted by atomic mass is 10.1. The molecule has 1 saturated heterocycles. The molecule has 13 heteroatoms. The van der Waals surface area contributed by atoms with Crippen LogP contribution in [0.15, 0.2) is 47.4 Å². The van der Waals surface area contributed by atoms with Gasteiger partial charge in [-0.2, -0.15) is 5.26 Å². The molecular formula is C25H30Cl3N5O4S. The van der Waals surface area contributed by atoms with Gasteiger partial charge in [0.1, 0.15) is 5.82 Å². The summed E-state index contributed by atoms with van der Waals surface area (Å²) in [6, 6.07) is 13.3. The summed E-state index contributed by atoms with van der Waals surface area (Å²) in [7, 11) is -3.84. The number of hydrogen-bond acceptors (Lipinski definition) is 7. The Kier molecular flexibility index (Phi) is 12.1. The third-order valence-corrected chi connectivity index (χ3v) is 7.68. The van der Waals surface area contributed by atoms with Crippen LogP contribution in [0.1, 0.15) is 27.9 Å². The number of nitrogens with zero attached hydrogens (tertiary/aromatic N) is 4. The zero-order valence-corrected chi connectivity index (χ0v) is 24.1. The summed E-state index contributed by atoms with van der Waals surface area (Å²) in [6.45, 7) is 7.36. The Hall–Kier alpha value is -2.81. The number of sulfonamides is 1. The first kappa shape index (κ1) is 33.2. The van der Waals surface area contributed by atoms with E-state index in [1.807, 2.05) is 18.7 Å². The maximum atomic E-state index is 12.9. The number of piperazine rings is 1. The average molecular weight is 603 g/mol. The van der Waals surface area contributed by atoms with Crippen LogP contribution in [0.3, 0.4) is 0 Å². The van der Waals surface area contributed by atoms with Gasteiger partial charge in [0.2, 0.25) is 0 Å². The topological polar surface area (TPSA) is 127 Å². The van der Waals surface area contributed by atoms with Crippen molar-refractivity contribution in [1.29, 1.82) is 5.26 Å². The average Bonchev–Trinajstić information content (AvgIpc) is 2.83. The van der Waals surface area contributed by atoms with E-state index >= 15 is 0 Å². The summed E-state index contributed by atoms with van der Waals surface area (Å²) in [5.41, 5.74) is 2.65. The SMILES string of the molecule is Cc1ccc(S(=O)(=O)Nc2ccc3nc(N4CCN(CCC#N)CC4)cc(C(=O)O)c3c2)cc1C.Cl.Cl.Cl. The Labute approximate surface area is 241 Å². The zero-order chi connectivity index (χ0) is 25.2. The highest BCUT2D eigenvalue weighted by Gasteiger charge is 2.21. The molecule has 1 fully saturated rings. The first-order valence-electron chi connectivity index (χ1n) is 11.3. The molecule has 3 aromatic rings. The van der Waals surface area contributed by atoms with Crippen LogP contribution in [0, 0.1) is 25.2 Å². The molecule has 0 atom stereocenters. The Morgan fingerprint density at radius 3 is 2.32 bits per heavy atom. The molecule has 0 radical (unpaired) electrons. The molecule has 2 aromatic carbocycles. The van der Waals surface area contributed by atoms with E-state index in [0.717, 1.165) is 30.8 Å². The Morgan fingerprint density at radius 1 is 1.03 bits per heavy atom. The Balaban J connectivity index is 0.00000241. The van der Waals surface area contributed by atoms with Crippen LogP contribution in [0.2, 0.25) is 0 Å². The molecule has 2 N–H and O–H groups in total. The number of rotatable bonds is 7. The third kappa shape index (κ3) is 7.40. The number of carbonyl (C=O) groups is 1. The third-order valence-electron chi connectivity index (χ3n) is 6.30. The summed E-state index contributed by atoms with van der Waals surface area (Å²) < 4.78 is 28.4. The van der Waals surface area contributed by atoms with Crippen molar-refractivity contribution in [3.63, 3.8) is 0 Å². The number of nitrogens with one attached hydrogen (secondary N) is 1. The van der Waals surface area contributed by atoms with E-state index in [1.54, 1.807) is 30.3 Å². The predicted molar refractivity (Wildman–Crippen MR) is 156 cm³/mol. The molecule has 2 heterocycles. The number of aryl methyl sites for hydroxylation is 2. The van der Waals surface area contributed by atoms with Crippen LogP contribution in [-0.4, -0.2) is 62.1 Å². The highest BCUT2D eigenvalue weighted by molar-refractivity contribution is 7.92. The van der Waals surface area contributed by atoms with Gasteiger partial charge in [0.15, 0.2) is 0 Å². The zero-order valence-electron chi connectivity index (χ0n) is 20.9. The van der Waals surface area contributed by atoms with Gasteiger partial charge in [-0.05, 0) is 61.4 Å². The van der Waals surface area contributed by atoms with Crippen LogP contribution in [-0.2, 0) is 10.0 Å². The molecule has 0 bridgehead atoms. The molecule has 1 aliphatic rings. The minimum Gasteiger partial charge on any atom is -0.478 e.